The Morgan fingerprint density at radius 3 is 2.78 bits per heavy atom. The van der Waals surface area contributed by atoms with Gasteiger partial charge in [0.15, 0.2) is 5.16 Å². The molecule has 6 nitrogen and oxygen atoms in total. The number of methoxy groups -OCH3 is 1. The molecule has 1 unspecified atom stereocenters. The van der Waals surface area contributed by atoms with Crippen LogP contribution in [-0.2, 0) is 11.8 Å². The van der Waals surface area contributed by atoms with E-state index in [-0.39, 0.29) is 11.5 Å². The van der Waals surface area contributed by atoms with Gasteiger partial charge in [-0.05, 0) is 37.3 Å². The highest BCUT2D eigenvalue weighted by molar-refractivity contribution is 8.00. The lowest BCUT2D eigenvalue weighted by Gasteiger charge is -2.15. The summed E-state index contributed by atoms with van der Waals surface area (Å²) in [6.45, 7) is 1.75. The van der Waals surface area contributed by atoms with E-state index >= 15 is 0 Å². The summed E-state index contributed by atoms with van der Waals surface area (Å²) in [4.78, 5) is 29.6. The molecule has 0 radical (unpaired) electrons. The van der Waals surface area contributed by atoms with Crippen molar-refractivity contribution >= 4 is 45.9 Å². The predicted octanol–water partition coefficient (Wildman–Crippen LogP) is 3.71. The van der Waals surface area contributed by atoms with Crippen molar-refractivity contribution in [3.8, 4) is 5.75 Å². The third-order valence-corrected chi connectivity index (χ3v) is 5.39. The first-order valence-electron chi connectivity index (χ1n) is 8.17. The number of amides is 1. The summed E-state index contributed by atoms with van der Waals surface area (Å²) in [6, 6.07) is 12.1. The second kappa shape index (κ2) is 8.02. The molecule has 27 heavy (non-hydrogen) atoms. The fourth-order valence-electron chi connectivity index (χ4n) is 2.53. The first-order valence-corrected chi connectivity index (χ1v) is 9.43. The summed E-state index contributed by atoms with van der Waals surface area (Å²) in [7, 11) is 3.17. The van der Waals surface area contributed by atoms with Crippen LogP contribution in [0.3, 0.4) is 0 Å². The van der Waals surface area contributed by atoms with Crippen molar-refractivity contribution in [3.05, 3.63) is 57.8 Å². The van der Waals surface area contributed by atoms with Gasteiger partial charge in [0.05, 0.1) is 29.0 Å². The maximum atomic E-state index is 12.6. The van der Waals surface area contributed by atoms with Gasteiger partial charge in [-0.25, -0.2) is 4.98 Å². The Labute approximate surface area is 165 Å². The standard InChI is InChI=1S/C19H18ClN3O3S/c1-11(17(24)21-15-10-12(20)8-9-16(15)26-3)27-19-22-14-7-5-4-6-13(14)18(25)23(19)2/h4-11H,1-3H3,(H,21,24). The Balaban J connectivity index is 1.83. The van der Waals surface area contributed by atoms with Crippen molar-refractivity contribution < 1.29 is 9.53 Å². The fraction of sp³-hybridized carbons (Fsp3) is 0.211. The van der Waals surface area contributed by atoms with Crippen molar-refractivity contribution in [3.63, 3.8) is 0 Å². The molecule has 1 amide bonds. The molecular formula is C19H18ClN3O3S. The Morgan fingerprint density at radius 2 is 2.04 bits per heavy atom. The quantitative estimate of drug-likeness (QED) is 0.519. The van der Waals surface area contributed by atoms with Crippen molar-refractivity contribution in [2.75, 3.05) is 12.4 Å². The second-order valence-corrected chi connectivity index (χ2v) is 7.61. The molecule has 3 rings (SSSR count). The zero-order chi connectivity index (χ0) is 19.6. The highest BCUT2D eigenvalue weighted by atomic mass is 35.5. The van der Waals surface area contributed by atoms with Gasteiger partial charge in [0.2, 0.25) is 5.91 Å². The van der Waals surface area contributed by atoms with Crippen LogP contribution in [0.1, 0.15) is 6.92 Å². The van der Waals surface area contributed by atoms with Crippen LogP contribution in [0.4, 0.5) is 5.69 Å². The number of hydrogen-bond donors (Lipinski definition) is 1. The van der Waals surface area contributed by atoms with Crippen LogP contribution in [0.2, 0.25) is 5.02 Å². The maximum absolute atomic E-state index is 12.6. The smallest absolute Gasteiger partial charge is 0.261 e. The van der Waals surface area contributed by atoms with Crippen LogP contribution in [0.25, 0.3) is 10.9 Å². The normalized spacial score (nSPS) is 12.0. The Kier molecular flexibility index (Phi) is 5.72. The SMILES string of the molecule is COc1ccc(Cl)cc1NC(=O)C(C)Sc1nc2ccccc2c(=O)n1C. The van der Waals surface area contributed by atoms with E-state index in [1.807, 2.05) is 6.07 Å². The number of carbonyl (C=O) groups excluding carboxylic acids is 1. The van der Waals surface area contributed by atoms with E-state index in [4.69, 9.17) is 16.3 Å². The minimum absolute atomic E-state index is 0.146. The van der Waals surface area contributed by atoms with Crippen molar-refractivity contribution in [2.45, 2.75) is 17.3 Å². The molecule has 0 saturated heterocycles. The number of carbonyl (C=O) groups is 1. The van der Waals surface area contributed by atoms with Gasteiger partial charge in [0.1, 0.15) is 5.75 Å². The first kappa shape index (κ1) is 19.3. The lowest BCUT2D eigenvalue weighted by atomic mass is 10.2. The van der Waals surface area contributed by atoms with Crippen molar-refractivity contribution in [2.24, 2.45) is 7.05 Å². The number of benzene rings is 2. The van der Waals surface area contributed by atoms with E-state index in [9.17, 15) is 9.59 Å². The minimum Gasteiger partial charge on any atom is -0.495 e. The van der Waals surface area contributed by atoms with E-state index in [1.165, 1.54) is 23.4 Å². The molecule has 140 valence electrons. The summed E-state index contributed by atoms with van der Waals surface area (Å²) < 4.78 is 6.70. The summed E-state index contributed by atoms with van der Waals surface area (Å²) in [5.74, 6) is 0.268. The Bertz CT molecular complexity index is 1070. The number of nitrogens with one attached hydrogen (secondary N) is 1. The highest BCUT2D eigenvalue weighted by Crippen LogP contribution is 2.29. The lowest BCUT2D eigenvalue weighted by Crippen LogP contribution is -2.25. The van der Waals surface area contributed by atoms with E-state index < -0.39 is 5.25 Å². The molecule has 1 N–H and O–H groups in total. The van der Waals surface area contributed by atoms with Crippen LogP contribution < -0.4 is 15.6 Å². The number of fused-ring (bicyclic) bond motifs is 1. The third kappa shape index (κ3) is 4.09. The zero-order valence-corrected chi connectivity index (χ0v) is 16.6. The monoisotopic (exact) mass is 403 g/mol. The van der Waals surface area contributed by atoms with Gasteiger partial charge in [0.25, 0.3) is 5.56 Å². The summed E-state index contributed by atoms with van der Waals surface area (Å²) in [6.07, 6.45) is 0. The average Bonchev–Trinajstić information content (AvgIpc) is 2.66. The van der Waals surface area contributed by atoms with Gasteiger partial charge in [-0.15, -0.1) is 0 Å². The van der Waals surface area contributed by atoms with E-state index in [0.717, 1.165) is 0 Å². The van der Waals surface area contributed by atoms with E-state index in [2.05, 4.69) is 10.3 Å². The van der Waals surface area contributed by atoms with Gasteiger partial charge in [-0.2, -0.15) is 0 Å². The number of thioether (sulfide) groups is 1. The molecule has 0 aliphatic carbocycles. The molecule has 0 fully saturated rings. The summed E-state index contributed by atoms with van der Waals surface area (Å²) in [5.41, 5.74) is 0.947. The van der Waals surface area contributed by atoms with E-state index in [0.29, 0.717) is 32.5 Å². The van der Waals surface area contributed by atoms with Crippen LogP contribution in [0, 0.1) is 0 Å². The number of para-hydroxylation sites is 1. The zero-order valence-electron chi connectivity index (χ0n) is 15.0. The first-order chi connectivity index (χ1) is 12.9. The van der Waals surface area contributed by atoms with Gasteiger partial charge in [0, 0.05) is 12.1 Å². The third-order valence-electron chi connectivity index (χ3n) is 4.01. The number of nitrogens with zero attached hydrogens (tertiary/aromatic N) is 2. The largest absolute Gasteiger partial charge is 0.495 e. The van der Waals surface area contributed by atoms with Gasteiger partial charge in [-0.1, -0.05) is 35.5 Å². The predicted molar refractivity (Wildman–Crippen MR) is 109 cm³/mol. The van der Waals surface area contributed by atoms with Crippen LogP contribution in [0.5, 0.6) is 5.75 Å². The molecule has 0 saturated carbocycles. The van der Waals surface area contributed by atoms with Crippen LogP contribution in [0.15, 0.2) is 52.4 Å². The summed E-state index contributed by atoms with van der Waals surface area (Å²) >= 11 is 7.21. The lowest BCUT2D eigenvalue weighted by molar-refractivity contribution is -0.115. The van der Waals surface area contributed by atoms with E-state index in [1.54, 1.807) is 50.4 Å². The molecule has 0 bridgehead atoms. The molecule has 0 aliphatic rings. The number of hydrogen-bond acceptors (Lipinski definition) is 5. The van der Waals surface area contributed by atoms with Gasteiger partial charge < -0.3 is 10.1 Å². The Hall–Kier alpha value is -2.51. The molecule has 3 aromatic rings. The fourth-order valence-corrected chi connectivity index (χ4v) is 3.57. The molecule has 1 atom stereocenters. The topological polar surface area (TPSA) is 73.2 Å². The van der Waals surface area contributed by atoms with Crippen LogP contribution >= 0.6 is 23.4 Å². The van der Waals surface area contributed by atoms with Crippen molar-refractivity contribution in [1.29, 1.82) is 0 Å². The molecule has 1 heterocycles. The van der Waals surface area contributed by atoms with Crippen molar-refractivity contribution in [1.82, 2.24) is 9.55 Å². The number of halogens is 1. The number of aromatic nitrogens is 2. The molecular weight excluding hydrogens is 386 g/mol. The molecule has 8 heteroatoms. The van der Waals surface area contributed by atoms with Gasteiger partial charge >= 0.3 is 0 Å². The molecule has 0 aliphatic heterocycles. The molecule has 0 spiro atoms. The number of rotatable bonds is 5. The highest BCUT2D eigenvalue weighted by Gasteiger charge is 2.19. The maximum Gasteiger partial charge on any atom is 0.261 e. The second-order valence-electron chi connectivity index (χ2n) is 5.87. The summed E-state index contributed by atoms with van der Waals surface area (Å²) in [5, 5.41) is 3.83. The number of ether oxygens (including phenoxy) is 1. The molecule has 2 aromatic carbocycles. The Morgan fingerprint density at radius 1 is 1.30 bits per heavy atom. The molecule has 1 aromatic heterocycles. The van der Waals surface area contributed by atoms with Crippen LogP contribution in [-0.4, -0.2) is 27.8 Å². The average molecular weight is 404 g/mol. The van der Waals surface area contributed by atoms with Gasteiger partial charge in [-0.3, -0.25) is 14.2 Å². The number of anilines is 1. The minimum atomic E-state index is -0.493.